The van der Waals surface area contributed by atoms with Crippen molar-refractivity contribution >= 4 is 17.6 Å². The van der Waals surface area contributed by atoms with E-state index in [9.17, 15) is 14.0 Å². The summed E-state index contributed by atoms with van der Waals surface area (Å²) in [6.45, 7) is 7.93. The quantitative estimate of drug-likeness (QED) is 0.823. The third-order valence-electron chi connectivity index (χ3n) is 4.87. The van der Waals surface area contributed by atoms with Crippen LogP contribution in [0.5, 0.6) is 0 Å². The number of carbonyl (C=O) groups excluding carboxylic acids is 2. The molecule has 0 aliphatic carbocycles. The Labute approximate surface area is 147 Å². The molecule has 2 heterocycles. The van der Waals surface area contributed by atoms with Crippen molar-refractivity contribution in [2.75, 3.05) is 44.2 Å². The third-order valence-corrected chi connectivity index (χ3v) is 4.87. The molecule has 0 unspecified atom stereocenters. The molecule has 25 heavy (non-hydrogen) atoms. The van der Waals surface area contributed by atoms with Gasteiger partial charge in [0.15, 0.2) is 0 Å². The fourth-order valence-corrected chi connectivity index (χ4v) is 3.39. The summed E-state index contributed by atoms with van der Waals surface area (Å²) in [5.41, 5.74) is -0.147. The number of urea groups is 1. The van der Waals surface area contributed by atoms with Crippen molar-refractivity contribution in [3.05, 3.63) is 30.1 Å². The van der Waals surface area contributed by atoms with Crippen LogP contribution in [0.3, 0.4) is 0 Å². The lowest BCUT2D eigenvalue weighted by atomic mass is 10.1. The molecule has 6 nitrogen and oxygen atoms in total. The van der Waals surface area contributed by atoms with Crippen LogP contribution in [0, 0.1) is 5.82 Å². The minimum atomic E-state index is -0.803. The molecule has 1 N–H and O–H groups in total. The number of hydrogen-bond acceptors (Lipinski definition) is 4. The van der Waals surface area contributed by atoms with Crippen LogP contribution in [-0.2, 0) is 4.79 Å². The number of hydrogen-bond donors (Lipinski definition) is 1. The van der Waals surface area contributed by atoms with Crippen molar-refractivity contribution in [3.63, 3.8) is 0 Å². The van der Waals surface area contributed by atoms with Crippen LogP contribution in [0.4, 0.5) is 14.9 Å². The summed E-state index contributed by atoms with van der Waals surface area (Å²) in [7, 11) is 0. The van der Waals surface area contributed by atoms with Crippen molar-refractivity contribution < 1.29 is 14.0 Å². The highest BCUT2D eigenvalue weighted by molar-refractivity contribution is 6.06. The Morgan fingerprint density at radius 1 is 1.08 bits per heavy atom. The molecule has 0 radical (unpaired) electrons. The number of anilines is 1. The molecule has 2 aliphatic heterocycles. The minimum Gasteiger partial charge on any atom is -0.367 e. The van der Waals surface area contributed by atoms with Gasteiger partial charge < -0.3 is 10.2 Å². The summed E-state index contributed by atoms with van der Waals surface area (Å²) in [6, 6.07) is 6.54. The SMILES string of the molecule is CC1(C)NC(=O)N(CCCN2CCN(c3ccccc3F)CC2)C1=O. The van der Waals surface area contributed by atoms with E-state index in [1.165, 1.54) is 11.0 Å². The predicted octanol–water partition coefficient (Wildman–Crippen LogP) is 1.67. The number of benzene rings is 1. The fourth-order valence-electron chi connectivity index (χ4n) is 3.39. The Morgan fingerprint density at radius 2 is 1.76 bits per heavy atom. The molecule has 136 valence electrons. The molecule has 3 rings (SSSR count). The normalized spacial score (nSPS) is 20.9. The first-order valence-electron chi connectivity index (χ1n) is 8.74. The number of rotatable bonds is 5. The Bertz CT molecular complexity index is 656. The molecule has 0 spiro atoms. The van der Waals surface area contributed by atoms with E-state index >= 15 is 0 Å². The van der Waals surface area contributed by atoms with E-state index in [0.29, 0.717) is 12.2 Å². The molecule has 2 saturated heterocycles. The van der Waals surface area contributed by atoms with Crippen LogP contribution < -0.4 is 10.2 Å². The van der Waals surface area contributed by atoms with Gasteiger partial charge in [-0.1, -0.05) is 12.1 Å². The van der Waals surface area contributed by atoms with Crippen molar-refractivity contribution in [2.45, 2.75) is 25.8 Å². The van der Waals surface area contributed by atoms with Crippen LogP contribution in [0.1, 0.15) is 20.3 Å². The van der Waals surface area contributed by atoms with Gasteiger partial charge >= 0.3 is 6.03 Å². The lowest BCUT2D eigenvalue weighted by Gasteiger charge is -2.36. The highest BCUT2D eigenvalue weighted by atomic mass is 19.1. The molecule has 0 atom stereocenters. The van der Waals surface area contributed by atoms with Crippen molar-refractivity contribution in [1.29, 1.82) is 0 Å². The first kappa shape index (κ1) is 17.7. The van der Waals surface area contributed by atoms with E-state index < -0.39 is 5.54 Å². The van der Waals surface area contributed by atoms with Gasteiger partial charge in [0.1, 0.15) is 11.4 Å². The van der Waals surface area contributed by atoms with Gasteiger partial charge in [0, 0.05) is 32.7 Å². The number of amides is 3. The molecule has 2 aliphatic rings. The maximum Gasteiger partial charge on any atom is 0.325 e. The molecule has 7 heteroatoms. The van der Waals surface area contributed by atoms with E-state index in [-0.39, 0.29) is 17.8 Å². The van der Waals surface area contributed by atoms with Gasteiger partial charge in [0.2, 0.25) is 0 Å². The van der Waals surface area contributed by atoms with E-state index in [1.807, 2.05) is 12.1 Å². The van der Waals surface area contributed by atoms with Gasteiger partial charge in [-0.25, -0.2) is 9.18 Å². The van der Waals surface area contributed by atoms with Crippen molar-refractivity contribution in [3.8, 4) is 0 Å². The summed E-state index contributed by atoms with van der Waals surface area (Å²) in [4.78, 5) is 29.6. The largest absolute Gasteiger partial charge is 0.367 e. The molecule has 2 fully saturated rings. The third kappa shape index (κ3) is 3.76. The Hall–Kier alpha value is -2.15. The summed E-state index contributed by atoms with van der Waals surface area (Å²) < 4.78 is 13.9. The molecular weight excluding hydrogens is 323 g/mol. The van der Waals surface area contributed by atoms with Gasteiger partial charge in [-0.2, -0.15) is 0 Å². The summed E-state index contributed by atoms with van der Waals surface area (Å²) in [5.74, 6) is -0.348. The highest BCUT2D eigenvalue weighted by Crippen LogP contribution is 2.20. The Kier molecular flexibility index (Phi) is 4.94. The smallest absolute Gasteiger partial charge is 0.325 e. The highest BCUT2D eigenvalue weighted by Gasteiger charge is 2.43. The van der Waals surface area contributed by atoms with Gasteiger partial charge in [0.05, 0.1) is 5.69 Å². The second kappa shape index (κ2) is 7.00. The number of nitrogens with zero attached hydrogens (tertiary/aromatic N) is 3. The summed E-state index contributed by atoms with van der Waals surface area (Å²) in [6.07, 6.45) is 0.745. The zero-order chi connectivity index (χ0) is 18.0. The standard InChI is InChI=1S/C18H25FN4O2/c1-18(2)16(24)23(17(25)20-18)9-5-8-21-10-12-22(13-11-21)15-7-4-3-6-14(15)19/h3-4,6-7H,5,8-13H2,1-2H3,(H,20,25). The second-order valence-corrected chi connectivity index (χ2v) is 7.15. The first-order valence-corrected chi connectivity index (χ1v) is 8.74. The average Bonchev–Trinajstić information content (AvgIpc) is 2.77. The van der Waals surface area contributed by atoms with Crippen LogP contribution in [0.2, 0.25) is 0 Å². The Morgan fingerprint density at radius 3 is 2.36 bits per heavy atom. The molecule has 1 aromatic carbocycles. The van der Waals surface area contributed by atoms with Crippen LogP contribution in [0.15, 0.2) is 24.3 Å². The number of nitrogens with one attached hydrogen (secondary N) is 1. The van der Waals surface area contributed by atoms with Crippen LogP contribution in [-0.4, -0.2) is 66.5 Å². The van der Waals surface area contributed by atoms with Gasteiger partial charge in [0.25, 0.3) is 5.91 Å². The zero-order valence-electron chi connectivity index (χ0n) is 14.8. The number of piperazine rings is 1. The topological polar surface area (TPSA) is 55.9 Å². The molecule has 0 aromatic heterocycles. The van der Waals surface area contributed by atoms with Crippen LogP contribution >= 0.6 is 0 Å². The molecule has 0 saturated carbocycles. The van der Waals surface area contributed by atoms with Crippen molar-refractivity contribution in [1.82, 2.24) is 15.1 Å². The predicted molar refractivity (Wildman–Crippen MR) is 94.0 cm³/mol. The summed E-state index contributed by atoms with van der Waals surface area (Å²) in [5, 5.41) is 2.69. The lowest BCUT2D eigenvalue weighted by molar-refractivity contribution is -0.130. The maximum absolute atomic E-state index is 13.9. The van der Waals surface area contributed by atoms with E-state index in [0.717, 1.165) is 39.1 Å². The first-order chi connectivity index (χ1) is 11.9. The number of carbonyl (C=O) groups is 2. The van der Waals surface area contributed by atoms with Crippen LogP contribution in [0.25, 0.3) is 0 Å². The molecule has 1 aromatic rings. The summed E-state index contributed by atoms with van der Waals surface area (Å²) >= 11 is 0. The lowest BCUT2D eigenvalue weighted by Crippen LogP contribution is -2.47. The monoisotopic (exact) mass is 348 g/mol. The molecular formula is C18H25FN4O2. The number of imide groups is 1. The second-order valence-electron chi connectivity index (χ2n) is 7.15. The Balaban J connectivity index is 1.44. The maximum atomic E-state index is 13.9. The molecule has 3 amide bonds. The van der Waals surface area contributed by atoms with Gasteiger partial charge in [-0.3, -0.25) is 14.6 Å². The minimum absolute atomic E-state index is 0.165. The fraction of sp³-hybridized carbons (Fsp3) is 0.556. The van der Waals surface area contributed by atoms with E-state index in [2.05, 4.69) is 15.1 Å². The zero-order valence-corrected chi connectivity index (χ0v) is 14.8. The molecule has 0 bridgehead atoms. The van der Waals surface area contributed by atoms with Gasteiger partial charge in [-0.05, 0) is 38.9 Å². The van der Waals surface area contributed by atoms with E-state index in [1.54, 1.807) is 19.9 Å². The number of para-hydroxylation sites is 1. The number of halogens is 1. The van der Waals surface area contributed by atoms with Crippen molar-refractivity contribution in [2.24, 2.45) is 0 Å². The van der Waals surface area contributed by atoms with Gasteiger partial charge in [-0.15, -0.1) is 0 Å². The average molecular weight is 348 g/mol. The van der Waals surface area contributed by atoms with E-state index in [4.69, 9.17) is 0 Å².